The number of rotatable bonds is 3. The van der Waals surface area contributed by atoms with Gasteiger partial charge in [0, 0.05) is 34.9 Å². The predicted octanol–water partition coefficient (Wildman–Crippen LogP) is 3.81. The number of likely N-dealkylation sites (N-methyl/N-ethyl adjacent to an activating group) is 1. The molecule has 0 N–H and O–H groups in total. The Morgan fingerprint density at radius 1 is 1.12 bits per heavy atom. The number of thiophene rings is 2. The van der Waals surface area contributed by atoms with Crippen molar-refractivity contribution in [3.63, 3.8) is 0 Å². The summed E-state index contributed by atoms with van der Waals surface area (Å²) in [7, 11) is 1.71. The van der Waals surface area contributed by atoms with Crippen molar-refractivity contribution in [3.05, 3.63) is 35.2 Å². The molecule has 3 heterocycles. The third kappa shape index (κ3) is 2.70. The second-order valence-electron chi connectivity index (χ2n) is 6.15. The second-order valence-corrected chi connectivity index (χ2v) is 8.29. The van der Waals surface area contributed by atoms with Crippen molar-refractivity contribution in [2.75, 3.05) is 26.7 Å². The van der Waals surface area contributed by atoms with E-state index in [2.05, 4.69) is 12.1 Å². The quantitative estimate of drug-likeness (QED) is 0.714. The minimum absolute atomic E-state index is 0.0483. The minimum Gasteiger partial charge on any atom is -0.341 e. The molecule has 4 rings (SSSR count). The van der Waals surface area contributed by atoms with E-state index >= 15 is 0 Å². The molecule has 0 atom stereocenters. The van der Waals surface area contributed by atoms with Crippen LogP contribution in [-0.2, 0) is 4.79 Å². The Hall–Kier alpha value is -1.92. The third-order valence-electron chi connectivity index (χ3n) is 4.44. The van der Waals surface area contributed by atoms with Crippen molar-refractivity contribution in [1.82, 2.24) is 9.80 Å². The van der Waals surface area contributed by atoms with Gasteiger partial charge in [-0.05, 0) is 25.0 Å². The van der Waals surface area contributed by atoms with Crippen LogP contribution in [-0.4, -0.2) is 48.3 Å². The fraction of sp³-hybridized carbons (Fsp3) is 0.333. The average Bonchev–Trinajstić information content (AvgIpc) is 3.29. The Morgan fingerprint density at radius 3 is 2.67 bits per heavy atom. The smallest absolute Gasteiger partial charge is 0.264 e. The number of hydrogen-bond donors (Lipinski definition) is 0. The van der Waals surface area contributed by atoms with Gasteiger partial charge in [-0.2, -0.15) is 0 Å². The number of carbonyl (C=O) groups is 2. The van der Waals surface area contributed by atoms with E-state index in [0.29, 0.717) is 4.88 Å². The van der Waals surface area contributed by atoms with Crippen molar-refractivity contribution < 1.29 is 9.59 Å². The van der Waals surface area contributed by atoms with E-state index < -0.39 is 0 Å². The number of amides is 2. The van der Waals surface area contributed by atoms with Gasteiger partial charge >= 0.3 is 0 Å². The molecule has 2 amide bonds. The molecule has 0 spiro atoms. The SMILES string of the molecule is CN(CC(=O)N1CCCC1)C(=O)c1cc2sc3ccccc3c2s1. The molecule has 1 aliphatic rings. The zero-order valence-electron chi connectivity index (χ0n) is 13.4. The van der Waals surface area contributed by atoms with Crippen LogP contribution in [0.25, 0.3) is 19.5 Å². The van der Waals surface area contributed by atoms with Crippen molar-refractivity contribution in [1.29, 1.82) is 0 Å². The van der Waals surface area contributed by atoms with Gasteiger partial charge in [0.2, 0.25) is 5.91 Å². The molecular formula is C18H18N2O2S2. The van der Waals surface area contributed by atoms with Crippen LogP contribution in [0.2, 0.25) is 0 Å². The lowest BCUT2D eigenvalue weighted by Gasteiger charge is -2.20. The lowest BCUT2D eigenvalue weighted by atomic mass is 10.2. The zero-order chi connectivity index (χ0) is 16.7. The molecule has 1 fully saturated rings. The lowest BCUT2D eigenvalue weighted by Crippen LogP contribution is -2.39. The van der Waals surface area contributed by atoms with Gasteiger partial charge in [-0.25, -0.2) is 0 Å². The maximum Gasteiger partial charge on any atom is 0.264 e. The van der Waals surface area contributed by atoms with Crippen LogP contribution in [0.5, 0.6) is 0 Å². The van der Waals surface area contributed by atoms with E-state index in [1.807, 2.05) is 23.1 Å². The van der Waals surface area contributed by atoms with Crippen LogP contribution in [0.3, 0.4) is 0 Å². The molecule has 6 heteroatoms. The molecule has 1 saturated heterocycles. The molecule has 4 nitrogen and oxygen atoms in total. The Bertz CT molecular complexity index is 922. The van der Waals surface area contributed by atoms with Crippen LogP contribution in [0.4, 0.5) is 0 Å². The highest BCUT2D eigenvalue weighted by Gasteiger charge is 2.23. The van der Waals surface area contributed by atoms with Gasteiger partial charge in [0.1, 0.15) is 0 Å². The number of benzene rings is 1. The molecule has 0 bridgehead atoms. The summed E-state index contributed by atoms with van der Waals surface area (Å²) < 4.78 is 3.55. The number of fused-ring (bicyclic) bond motifs is 3. The third-order valence-corrected chi connectivity index (χ3v) is 6.84. The van der Waals surface area contributed by atoms with E-state index in [-0.39, 0.29) is 18.4 Å². The maximum absolute atomic E-state index is 12.7. The van der Waals surface area contributed by atoms with Gasteiger partial charge in [-0.1, -0.05) is 18.2 Å². The Morgan fingerprint density at radius 2 is 1.88 bits per heavy atom. The summed E-state index contributed by atoms with van der Waals surface area (Å²) in [6, 6.07) is 10.2. The fourth-order valence-electron chi connectivity index (χ4n) is 3.13. The summed E-state index contributed by atoms with van der Waals surface area (Å²) >= 11 is 3.23. The first-order chi connectivity index (χ1) is 11.6. The summed E-state index contributed by atoms with van der Waals surface area (Å²) in [5.74, 6) is -0.0211. The molecule has 1 aromatic carbocycles. The summed E-state index contributed by atoms with van der Waals surface area (Å²) in [5, 5.41) is 1.21. The van der Waals surface area contributed by atoms with Gasteiger partial charge in [0.25, 0.3) is 5.91 Å². The van der Waals surface area contributed by atoms with E-state index in [9.17, 15) is 9.59 Å². The van der Waals surface area contributed by atoms with E-state index in [1.165, 1.54) is 31.0 Å². The van der Waals surface area contributed by atoms with Crippen LogP contribution >= 0.6 is 22.7 Å². The molecule has 0 unspecified atom stereocenters. The van der Waals surface area contributed by atoms with Gasteiger partial charge < -0.3 is 9.80 Å². The first-order valence-electron chi connectivity index (χ1n) is 8.08. The largest absolute Gasteiger partial charge is 0.341 e. The zero-order valence-corrected chi connectivity index (χ0v) is 15.1. The monoisotopic (exact) mass is 358 g/mol. The fourth-order valence-corrected chi connectivity index (χ4v) is 5.65. The molecule has 0 radical (unpaired) electrons. The highest BCUT2D eigenvalue weighted by atomic mass is 32.1. The molecule has 24 heavy (non-hydrogen) atoms. The second kappa shape index (κ2) is 6.18. The number of hydrogen-bond acceptors (Lipinski definition) is 4. The number of likely N-dealkylation sites (tertiary alicyclic amines) is 1. The molecule has 0 saturated carbocycles. The standard InChI is InChI=1S/C18H18N2O2S2/c1-19(11-16(21)20-8-4-5-9-20)18(22)15-10-14-17(24-15)12-6-2-3-7-13(12)23-14/h2-3,6-7,10H,4-5,8-9,11H2,1H3. The predicted molar refractivity (Wildman–Crippen MR) is 100.0 cm³/mol. The number of nitrogens with zero attached hydrogens (tertiary/aromatic N) is 2. The highest BCUT2D eigenvalue weighted by Crippen LogP contribution is 2.39. The maximum atomic E-state index is 12.7. The van der Waals surface area contributed by atoms with E-state index in [4.69, 9.17) is 0 Å². The van der Waals surface area contributed by atoms with Crippen LogP contribution in [0, 0.1) is 0 Å². The Kier molecular flexibility index (Phi) is 4.02. The minimum atomic E-state index is -0.0694. The van der Waals surface area contributed by atoms with Crippen molar-refractivity contribution in [2.24, 2.45) is 0 Å². The van der Waals surface area contributed by atoms with Gasteiger partial charge in [0.15, 0.2) is 0 Å². The topological polar surface area (TPSA) is 40.6 Å². The molecular weight excluding hydrogens is 340 g/mol. The van der Waals surface area contributed by atoms with Crippen molar-refractivity contribution in [3.8, 4) is 0 Å². The highest BCUT2D eigenvalue weighted by molar-refractivity contribution is 7.33. The molecule has 3 aromatic rings. The Balaban J connectivity index is 1.54. The summed E-state index contributed by atoms with van der Waals surface area (Å²) in [4.78, 5) is 29.0. The summed E-state index contributed by atoms with van der Waals surface area (Å²) in [6.07, 6.45) is 2.13. The average molecular weight is 358 g/mol. The molecule has 1 aliphatic heterocycles. The van der Waals surface area contributed by atoms with Crippen LogP contribution < -0.4 is 0 Å². The number of carbonyl (C=O) groups excluding carboxylic acids is 2. The van der Waals surface area contributed by atoms with Gasteiger partial charge in [-0.3, -0.25) is 9.59 Å². The van der Waals surface area contributed by atoms with E-state index in [0.717, 1.165) is 30.6 Å². The Labute approximate surface area is 148 Å². The van der Waals surface area contributed by atoms with Crippen molar-refractivity contribution >= 4 is 54.0 Å². The van der Waals surface area contributed by atoms with Gasteiger partial charge in [-0.15, -0.1) is 22.7 Å². The van der Waals surface area contributed by atoms with Crippen LogP contribution in [0.15, 0.2) is 30.3 Å². The van der Waals surface area contributed by atoms with E-state index in [1.54, 1.807) is 18.4 Å². The lowest BCUT2D eigenvalue weighted by molar-refractivity contribution is -0.130. The first-order valence-corrected chi connectivity index (χ1v) is 9.71. The summed E-state index contributed by atoms with van der Waals surface area (Å²) in [5.41, 5.74) is 0. The summed E-state index contributed by atoms with van der Waals surface area (Å²) in [6.45, 7) is 1.80. The van der Waals surface area contributed by atoms with Crippen molar-refractivity contribution in [2.45, 2.75) is 12.8 Å². The molecule has 0 aliphatic carbocycles. The first kappa shape index (κ1) is 15.6. The normalized spacial score (nSPS) is 14.6. The van der Waals surface area contributed by atoms with Gasteiger partial charge in [0.05, 0.1) is 16.1 Å². The molecule has 124 valence electrons. The molecule has 2 aromatic heterocycles. The van der Waals surface area contributed by atoms with Crippen LogP contribution in [0.1, 0.15) is 22.5 Å².